The number of aliphatic imine (C=N–C) groups is 1. The summed E-state index contributed by atoms with van der Waals surface area (Å²) < 4.78 is 52.4. The fraction of sp³-hybridized carbons (Fsp3) is 0.375. The van der Waals surface area contributed by atoms with Crippen LogP contribution in [0.3, 0.4) is 0 Å². The number of fused-ring (bicyclic) bond motifs is 2. The van der Waals surface area contributed by atoms with Gasteiger partial charge in [-0.25, -0.2) is 4.39 Å². The third-order valence-corrected chi connectivity index (χ3v) is 4.66. The van der Waals surface area contributed by atoms with Gasteiger partial charge in [0.25, 0.3) is 5.91 Å². The lowest BCUT2D eigenvalue weighted by Gasteiger charge is -2.26. The van der Waals surface area contributed by atoms with Crippen LogP contribution < -0.4 is 11.5 Å². The van der Waals surface area contributed by atoms with Gasteiger partial charge in [0.05, 0.1) is 11.5 Å². The maximum absolute atomic E-state index is 13.5. The van der Waals surface area contributed by atoms with Crippen molar-refractivity contribution >= 4 is 11.9 Å². The highest BCUT2D eigenvalue weighted by Gasteiger charge is 2.49. The van der Waals surface area contributed by atoms with E-state index < -0.39 is 35.3 Å². The normalized spacial score (nSPS) is 28.2. The van der Waals surface area contributed by atoms with Crippen LogP contribution >= 0.6 is 0 Å². The van der Waals surface area contributed by atoms with Crippen LogP contribution in [0.1, 0.15) is 23.5 Å². The second kappa shape index (κ2) is 5.61. The monoisotopic (exact) mass is 341 g/mol. The van der Waals surface area contributed by atoms with Crippen LogP contribution in [0.25, 0.3) is 0 Å². The number of hydrogen-bond acceptors (Lipinski definition) is 1. The van der Waals surface area contributed by atoms with Crippen molar-refractivity contribution in [2.75, 3.05) is 0 Å². The summed E-state index contributed by atoms with van der Waals surface area (Å²) in [4.78, 5) is 15.8. The number of carbonyl (C=O) groups is 1. The molecule has 1 aromatic carbocycles. The van der Waals surface area contributed by atoms with Crippen molar-refractivity contribution in [1.29, 1.82) is 0 Å². The largest absolute Gasteiger partial charge is 0.419 e. The van der Waals surface area contributed by atoms with Gasteiger partial charge in [-0.1, -0.05) is 18.2 Å². The quantitative estimate of drug-likeness (QED) is 0.375. The number of carbonyl (C=O) groups excluding carboxylic acids is 1. The number of guanidine groups is 1. The van der Waals surface area contributed by atoms with E-state index in [-0.39, 0.29) is 23.4 Å². The van der Waals surface area contributed by atoms with Crippen molar-refractivity contribution in [2.24, 2.45) is 34.2 Å². The highest BCUT2D eigenvalue weighted by atomic mass is 19.4. The molecule has 3 rings (SSSR count). The van der Waals surface area contributed by atoms with E-state index in [1.54, 1.807) is 0 Å². The molecule has 1 aromatic rings. The number of halogens is 4. The Morgan fingerprint density at radius 2 is 1.83 bits per heavy atom. The third-order valence-electron chi connectivity index (χ3n) is 4.66. The van der Waals surface area contributed by atoms with Gasteiger partial charge < -0.3 is 11.5 Å². The van der Waals surface area contributed by atoms with Crippen LogP contribution in [-0.4, -0.2) is 11.9 Å². The maximum Gasteiger partial charge on any atom is 0.419 e. The molecule has 4 nitrogen and oxygen atoms in total. The summed E-state index contributed by atoms with van der Waals surface area (Å²) >= 11 is 0. The zero-order valence-corrected chi connectivity index (χ0v) is 12.4. The van der Waals surface area contributed by atoms with Crippen LogP contribution in [-0.2, 0) is 11.0 Å². The third kappa shape index (κ3) is 2.76. The van der Waals surface area contributed by atoms with Gasteiger partial charge in [-0.15, -0.1) is 0 Å². The van der Waals surface area contributed by atoms with Gasteiger partial charge in [0.2, 0.25) is 0 Å². The van der Waals surface area contributed by atoms with Crippen molar-refractivity contribution in [2.45, 2.75) is 18.5 Å². The molecule has 1 fully saturated rings. The molecule has 0 aromatic heterocycles. The van der Waals surface area contributed by atoms with Gasteiger partial charge in [-0.2, -0.15) is 18.2 Å². The molecule has 0 aliphatic heterocycles. The van der Waals surface area contributed by atoms with E-state index in [1.807, 2.05) is 12.2 Å². The smallest absolute Gasteiger partial charge is 0.370 e. The highest BCUT2D eigenvalue weighted by Crippen LogP contribution is 2.53. The van der Waals surface area contributed by atoms with Crippen molar-refractivity contribution in [3.63, 3.8) is 0 Å². The summed E-state index contributed by atoms with van der Waals surface area (Å²) in [6, 6.07) is 2.86. The van der Waals surface area contributed by atoms with Crippen molar-refractivity contribution in [3.05, 3.63) is 47.3 Å². The van der Waals surface area contributed by atoms with Crippen LogP contribution in [0.2, 0.25) is 0 Å². The Hall–Kier alpha value is -2.38. The molecule has 128 valence electrons. The first-order valence-electron chi connectivity index (χ1n) is 7.37. The van der Waals surface area contributed by atoms with Crippen molar-refractivity contribution in [3.8, 4) is 0 Å². The Morgan fingerprint density at radius 3 is 2.46 bits per heavy atom. The summed E-state index contributed by atoms with van der Waals surface area (Å²) in [5.41, 5.74) is 9.40. The second-order valence-corrected chi connectivity index (χ2v) is 6.11. The predicted octanol–water partition coefficient (Wildman–Crippen LogP) is 2.55. The zero-order chi connectivity index (χ0) is 17.6. The lowest BCUT2D eigenvalue weighted by Crippen LogP contribution is -2.30. The predicted molar refractivity (Wildman–Crippen MR) is 79.2 cm³/mol. The molecule has 0 radical (unpaired) electrons. The number of rotatable bonds is 2. The highest BCUT2D eigenvalue weighted by molar-refractivity contribution is 5.93. The minimum absolute atomic E-state index is 0.0929. The Labute approximate surface area is 135 Å². The fourth-order valence-corrected chi connectivity index (χ4v) is 3.78. The minimum atomic E-state index is -4.80. The molecular weight excluding hydrogens is 326 g/mol. The first-order valence-corrected chi connectivity index (χ1v) is 7.37. The Bertz CT molecular complexity index is 737. The summed E-state index contributed by atoms with van der Waals surface area (Å²) in [5, 5.41) is 0. The van der Waals surface area contributed by atoms with Gasteiger partial charge in [0.15, 0.2) is 5.96 Å². The van der Waals surface area contributed by atoms with Crippen molar-refractivity contribution in [1.82, 2.24) is 0 Å². The molecule has 24 heavy (non-hydrogen) atoms. The summed E-state index contributed by atoms with van der Waals surface area (Å²) in [6.07, 6.45) is -0.419. The molecule has 1 amide bonds. The van der Waals surface area contributed by atoms with Crippen LogP contribution in [0, 0.1) is 23.6 Å². The number of alkyl halides is 3. The van der Waals surface area contributed by atoms with E-state index in [0.717, 1.165) is 12.1 Å². The number of nitrogens with zero attached hydrogens (tertiary/aromatic N) is 1. The van der Waals surface area contributed by atoms with Gasteiger partial charge in [0.1, 0.15) is 5.82 Å². The number of amides is 1. The van der Waals surface area contributed by atoms with E-state index in [1.165, 1.54) is 6.07 Å². The maximum atomic E-state index is 13.5. The number of allylic oxidation sites excluding steroid dienone is 2. The molecule has 8 heteroatoms. The molecular formula is C16H15F4N3O. The van der Waals surface area contributed by atoms with Gasteiger partial charge in [-0.05, 0) is 36.0 Å². The van der Waals surface area contributed by atoms with E-state index in [4.69, 9.17) is 11.5 Å². The van der Waals surface area contributed by atoms with Gasteiger partial charge >= 0.3 is 6.18 Å². The van der Waals surface area contributed by atoms with Crippen LogP contribution in [0.15, 0.2) is 35.3 Å². The molecule has 0 spiro atoms. The fourth-order valence-electron chi connectivity index (χ4n) is 3.78. The molecule has 1 saturated carbocycles. The van der Waals surface area contributed by atoms with Gasteiger partial charge in [-0.3, -0.25) is 4.79 Å². The van der Waals surface area contributed by atoms with E-state index in [2.05, 4.69) is 4.99 Å². The molecule has 4 atom stereocenters. The number of benzene rings is 1. The van der Waals surface area contributed by atoms with E-state index >= 15 is 0 Å². The summed E-state index contributed by atoms with van der Waals surface area (Å²) in [7, 11) is 0. The molecule has 2 aliphatic rings. The first-order chi connectivity index (χ1) is 11.2. The van der Waals surface area contributed by atoms with Gasteiger partial charge in [0, 0.05) is 5.92 Å². The van der Waals surface area contributed by atoms with Crippen molar-refractivity contribution < 1.29 is 22.4 Å². The average molecular weight is 341 g/mol. The van der Waals surface area contributed by atoms with Crippen LogP contribution in [0.4, 0.5) is 17.6 Å². The van der Waals surface area contributed by atoms with E-state index in [0.29, 0.717) is 6.42 Å². The molecule has 2 aliphatic carbocycles. The summed E-state index contributed by atoms with van der Waals surface area (Å²) in [5.74, 6) is -3.65. The molecule has 0 heterocycles. The molecule has 2 bridgehead atoms. The zero-order valence-electron chi connectivity index (χ0n) is 12.4. The molecule has 2 unspecified atom stereocenters. The lowest BCUT2D eigenvalue weighted by molar-refractivity contribution is -0.140. The average Bonchev–Trinajstić information content (AvgIpc) is 3.06. The Balaban J connectivity index is 2.03. The first kappa shape index (κ1) is 16.5. The molecule has 4 N–H and O–H groups in total. The molecule has 0 saturated heterocycles. The Morgan fingerprint density at radius 1 is 1.17 bits per heavy atom. The SMILES string of the molecule is NC(N)=NC(=O)[C@@H]1C2C=CC(C2)[C@H]1c1ccc(F)c(C(F)(F)F)c1. The van der Waals surface area contributed by atoms with Crippen LogP contribution in [0.5, 0.6) is 0 Å². The number of hydrogen-bond donors (Lipinski definition) is 2. The van der Waals surface area contributed by atoms with E-state index in [9.17, 15) is 22.4 Å². The topological polar surface area (TPSA) is 81.5 Å². The summed E-state index contributed by atoms with van der Waals surface area (Å²) in [6.45, 7) is 0. The second-order valence-electron chi connectivity index (χ2n) is 6.11. The standard InChI is InChI=1S/C16H15F4N3O/c17-11-4-3-9(6-10(11)16(18,19)20)12-7-1-2-8(5-7)13(12)14(24)23-15(21)22/h1-4,6-8,12-13H,5H2,(H4,21,22,23,24)/t7?,8?,12-,13+/m0/s1. The Kier molecular flexibility index (Phi) is 3.85. The minimum Gasteiger partial charge on any atom is -0.370 e. The number of nitrogens with two attached hydrogens (primary N) is 2. The lowest BCUT2D eigenvalue weighted by atomic mass is 9.77.